The Morgan fingerprint density at radius 2 is 1.79 bits per heavy atom. The zero-order chi connectivity index (χ0) is 27.3. The number of carbonyl (C=O) groups is 1. The molecule has 0 unspecified atom stereocenters. The molecule has 1 spiro atoms. The van der Waals surface area contributed by atoms with Crippen molar-refractivity contribution in [3.63, 3.8) is 0 Å². The number of nitrogens with one attached hydrogen (secondary N) is 1. The van der Waals surface area contributed by atoms with Gasteiger partial charge in [0.05, 0.1) is 7.11 Å². The number of ether oxygens (including phenoxy) is 1. The van der Waals surface area contributed by atoms with Crippen LogP contribution in [0, 0.1) is 11.8 Å². The molecule has 0 saturated heterocycles. The Balaban J connectivity index is 1.38. The van der Waals surface area contributed by atoms with E-state index in [0.717, 1.165) is 25.1 Å². The van der Waals surface area contributed by atoms with E-state index in [1.54, 1.807) is 5.57 Å². The third-order valence-electron chi connectivity index (χ3n) is 9.87. The van der Waals surface area contributed by atoms with E-state index in [1.807, 2.05) is 24.3 Å². The molecule has 0 aliphatic heterocycles. The van der Waals surface area contributed by atoms with Gasteiger partial charge in [-0.15, -0.1) is 0 Å². The Hall–Kier alpha value is -2.08. The first-order chi connectivity index (χ1) is 17.9. The minimum Gasteiger partial charge on any atom is -0.467 e. The van der Waals surface area contributed by atoms with Gasteiger partial charge in [0.2, 0.25) is 0 Å². The number of fused-ring (bicyclic) bond motifs is 2. The molecule has 38 heavy (non-hydrogen) atoms. The minimum atomic E-state index is -1.77. The highest BCUT2D eigenvalue weighted by Crippen LogP contribution is 2.61. The lowest BCUT2D eigenvalue weighted by atomic mass is 9.61. The fraction of sp³-hybridized carbons (Fsp3) is 0.531. The van der Waals surface area contributed by atoms with Crippen LogP contribution in [-0.2, 0) is 19.4 Å². The maximum absolute atomic E-state index is 13.2. The summed E-state index contributed by atoms with van der Waals surface area (Å²) in [5.74, 6) is 0.938. The van der Waals surface area contributed by atoms with Crippen molar-refractivity contribution >= 4 is 37.7 Å². The fourth-order valence-electron chi connectivity index (χ4n) is 6.41. The van der Waals surface area contributed by atoms with Gasteiger partial charge in [0.25, 0.3) is 0 Å². The van der Waals surface area contributed by atoms with Crippen molar-refractivity contribution in [2.75, 3.05) is 19.0 Å². The number of hydrogen-bond acceptors (Lipinski definition) is 4. The van der Waals surface area contributed by atoms with E-state index in [2.05, 4.69) is 69.5 Å². The minimum absolute atomic E-state index is 0.0273. The van der Waals surface area contributed by atoms with Crippen molar-refractivity contribution in [3.05, 3.63) is 70.3 Å². The number of anilines is 1. The molecule has 2 aromatic rings. The molecule has 5 rings (SSSR count). The van der Waals surface area contributed by atoms with Crippen LogP contribution in [0.4, 0.5) is 5.69 Å². The molecular weight excluding hydrogens is 510 g/mol. The molecule has 6 heteroatoms. The smallest absolute Gasteiger partial charge is 0.331 e. The van der Waals surface area contributed by atoms with Crippen LogP contribution >= 0.6 is 11.6 Å². The standard InChI is InChI=1S/C32H42ClNO3Si/c1-30(2,3)38(5,6)37-21-23-18-26(23)28-19-22-10-7-8-13-27(22)31(28)14-16-32(17-15-31,29(35)36-4)34-25-12-9-11-24(33)20-25/h7-13,19-20,23,26,34H,14-18,21H2,1-6H3/t23-,26+,31?,32?/m0/s1. The quantitative estimate of drug-likeness (QED) is 0.278. The van der Waals surface area contributed by atoms with Crippen LogP contribution in [0.2, 0.25) is 23.2 Å². The summed E-state index contributed by atoms with van der Waals surface area (Å²) in [4.78, 5) is 13.2. The Labute approximate surface area is 234 Å². The van der Waals surface area contributed by atoms with Crippen LogP contribution in [0.5, 0.6) is 0 Å². The van der Waals surface area contributed by atoms with E-state index < -0.39 is 13.9 Å². The lowest BCUT2D eigenvalue weighted by Gasteiger charge is -2.46. The molecule has 0 bridgehead atoms. The van der Waals surface area contributed by atoms with E-state index in [0.29, 0.717) is 29.7 Å². The van der Waals surface area contributed by atoms with Crippen molar-refractivity contribution < 1.29 is 14.0 Å². The number of allylic oxidation sites excluding steroid dienone is 1. The number of carbonyl (C=O) groups excluding carboxylic acids is 1. The van der Waals surface area contributed by atoms with Gasteiger partial charge in [-0.1, -0.05) is 74.4 Å². The second kappa shape index (κ2) is 9.83. The number of benzene rings is 2. The summed E-state index contributed by atoms with van der Waals surface area (Å²) in [5.41, 5.74) is 4.39. The summed E-state index contributed by atoms with van der Waals surface area (Å²) in [7, 11) is -0.287. The third-order valence-corrected chi connectivity index (χ3v) is 14.6. The van der Waals surface area contributed by atoms with Crippen LogP contribution in [-0.4, -0.2) is 33.5 Å². The maximum Gasteiger partial charge on any atom is 0.331 e. The van der Waals surface area contributed by atoms with E-state index >= 15 is 0 Å². The summed E-state index contributed by atoms with van der Waals surface area (Å²) in [6.45, 7) is 12.5. The lowest BCUT2D eigenvalue weighted by Crippen LogP contribution is -2.52. The zero-order valence-electron chi connectivity index (χ0n) is 23.7. The number of hydrogen-bond donors (Lipinski definition) is 1. The molecule has 0 aromatic heterocycles. The van der Waals surface area contributed by atoms with Gasteiger partial charge >= 0.3 is 5.97 Å². The maximum atomic E-state index is 13.2. The summed E-state index contributed by atoms with van der Waals surface area (Å²) in [5, 5.41) is 4.41. The number of rotatable bonds is 7. The van der Waals surface area contributed by atoms with Gasteiger partial charge in [0, 0.05) is 22.7 Å². The lowest BCUT2D eigenvalue weighted by molar-refractivity contribution is -0.147. The second-order valence-electron chi connectivity index (χ2n) is 13.2. The average Bonchev–Trinajstić information content (AvgIpc) is 3.58. The molecule has 0 radical (unpaired) electrons. The topological polar surface area (TPSA) is 47.6 Å². The first-order valence-electron chi connectivity index (χ1n) is 14.0. The van der Waals surface area contributed by atoms with Gasteiger partial charge in [-0.25, -0.2) is 4.79 Å². The van der Waals surface area contributed by atoms with Gasteiger partial charge in [0.15, 0.2) is 8.32 Å². The van der Waals surface area contributed by atoms with Gasteiger partial charge in [-0.3, -0.25) is 0 Å². The Kier molecular flexibility index (Phi) is 7.11. The van der Waals surface area contributed by atoms with E-state index in [9.17, 15) is 4.79 Å². The molecule has 0 heterocycles. The first-order valence-corrected chi connectivity index (χ1v) is 17.3. The van der Waals surface area contributed by atoms with Gasteiger partial charge in [-0.05, 0) is 91.4 Å². The summed E-state index contributed by atoms with van der Waals surface area (Å²) < 4.78 is 12.0. The van der Waals surface area contributed by atoms with Gasteiger partial charge in [0.1, 0.15) is 5.54 Å². The zero-order valence-corrected chi connectivity index (χ0v) is 25.5. The van der Waals surface area contributed by atoms with Crippen molar-refractivity contribution in [2.45, 2.75) is 82.0 Å². The summed E-state index contributed by atoms with van der Waals surface area (Å²) in [6.07, 6.45) is 6.88. The van der Waals surface area contributed by atoms with Crippen LogP contribution in [0.3, 0.4) is 0 Å². The average molecular weight is 552 g/mol. The van der Waals surface area contributed by atoms with Crippen LogP contribution < -0.4 is 5.32 Å². The SMILES string of the molecule is COC(=O)C1(Nc2cccc(Cl)c2)CCC2(CC1)C([C@@H]1C[C@H]1CO[Si](C)(C)C(C)(C)C)=Cc1ccccc12. The molecule has 1 N–H and O–H groups in total. The predicted octanol–water partition coefficient (Wildman–Crippen LogP) is 8.23. The highest BCUT2D eigenvalue weighted by molar-refractivity contribution is 6.74. The van der Waals surface area contributed by atoms with Crippen molar-refractivity contribution in [1.29, 1.82) is 0 Å². The molecule has 4 nitrogen and oxygen atoms in total. The highest BCUT2D eigenvalue weighted by atomic mass is 35.5. The molecule has 3 aliphatic carbocycles. The molecule has 3 aliphatic rings. The first kappa shape index (κ1) is 27.5. The second-order valence-corrected chi connectivity index (χ2v) is 18.4. The molecule has 204 valence electrons. The van der Waals surface area contributed by atoms with Crippen molar-refractivity contribution in [3.8, 4) is 0 Å². The van der Waals surface area contributed by atoms with E-state index in [4.69, 9.17) is 20.8 Å². The van der Waals surface area contributed by atoms with Crippen LogP contribution in [0.15, 0.2) is 54.1 Å². The van der Waals surface area contributed by atoms with E-state index in [-0.39, 0.29) is 16.4 Å². The van der Waals surface area contributed by atoms with E-state index in [1.165, 1.54) is 24.7 Å². The molecule has 0 amide bonds. The summed E-state index contributed by atoms with van der Waals surface area (Å²) in [6, 6.07) is 16.5. The van der Waals surface area contributed by atoms with Crippen LogP contribution in [0.25, 0.3) is 6.08 Å². The van der Waals surface area contributed by atoms with Crippen LogP contribution in [0.1, 0.15) is 64.0 Å². The number of halogens is 1. The molecule has 2 atom stereocenters. The number of esters is 1. The Morgan fingerprint density at radius 3 is 2.45 bits per heavy atom. The molecule has 2 aromatic carbocycles. The van der Waals surface area contributed by atoms with Gasteiger partial charge in [-0.2, -0.15) is 0 Å². The van der Waals surface area contributed by atoms with Crippen molar-refractivity contribution in [1.82, 2.24) is 0 Å². The highest BCUT2D eigenvalue weighted by Gasteiger charge is 2.56. The number of methoxy groups -OCH3 is 1. The van der Waals surface area contributed by atoms with Gasteiger partial charge < -0.3 is 14.5 Å². The molecular formula is C32H42ClNO3Si. The van der Waals surface area contributed by atoms with Crippen molar-refractivity contribution in [2.24, 2.45) is 11.8 Å². The Bertz CT molecular complexity index is 1240. The summed E-state index contributed by atoms with van der Waals surface area (Å²) >= 11 is 6.26. The third kappa shape index (κ3) is 4.86. The fourth-order valence-corrected chi connectivity index (χ4v) is 7.66. The molecule has 2 fully saturated rings. The normalized spacial score (nSPS) is 28.6. The largest absolute Gasteiger partial charge is 0.467 e. The molecule has 2 saturated carbocycles. The monoisotopic (exact) mass is 551 g/mol. The predicted molar refractivity (Wildman–Crippen MR) is 159 cm³/mol. The Morgan fingerprint density at radius 1 is 1.08 bits per heavy atom.